The number of carbonyl (C=O) groups excluding carboxylic acids is 1. The van der Waals surface area contributed by atoms with E-state index >= 15 is 0 Å². The van der Waals surface area contributed by atoms with Crippen LogP contribution in [0.5, 0.6) is 11.5 Å². The van der Waals surface area contributed by atoms with Crippen molar-refractivity contribution in [3.05, 3.63) is 118 Å². The summed E-state index contributed by atoms with van der Waals surface area (Å²) in [4.78, 5) is 36.1. The van der Waals surface area contributed by atoms with Crippen molar-refractivity contribution in [2.24, 2.45) is 5.92 Å². The van der Waals surface area contributed by atoms with E-state index in [4.69, 9.17) is 14.2 Å². The van der Waals surface area contributed by atoms with E-state index in [9.17, 15) is 14.7 Å². The van der Waals surface area contributed by atoms with Crippen molar-refractivity contribution in [3.63, 3.8) is 0 Å². The maximum atomic E-state index is 12.7. The smallest absolute Gasteiger partial charge is 0.280 e. The lowest BCUT2D eigenvalue weighted by atomic mass is 9.80. The molecule has 0 fully saturated rings. The van der Waals surface area contributed by atoms with Crippen LogP contribution >= 0.6 is 0 Å². The van der Waals surface area contributed by atoms with Crippen molar-refractivity contribution in [1.29, 1.82) is 0 Å². The second-order valence-corrected chi connectivity index (χ2v) is 10.6. The lowest BCUT2D eigenvalue weighted by Crippen LogP contribution is -2.34. The maximum absolute atomic E-state index is 12.7. The molecule has 0 saturated heterocycles. The van der Waals surface area contributed by atoms with Crippen LogP contribution in [0, 0.1) is 5.92 Å². The number of nitrogens with one attached hydrogen (secondary N) is 2. The zero-order chi connectivity index (χ0) is 32.0. The minimum atomic E-state index is -1.10. The van der Waals surface area contributed by atoms with Crippen LogP contribution in [0.1, 0.15) is 30.5 Å². The first-order valence-corrected chi connectivity index (χ1v) is 14.4. The number of rotatable bonds is 12. The quantitative estimate of drug-likeness (QED) is 0.175. The molecule has 0 spiro atoms. The summed E-state index contributed by atoms with van der Waals surface area (Å²) in [5.74, 6) is 0.799. The van der Waals surface area contributed by atoms with Crippen LogP contribution in [0.15, 0.2) is 95.6 Å². The third kappa shape index (κ3) is 6.49. The molecule has 11 nitrogen and oxygen atoms in total. The molecule has 3 N–H and O–H groups in total. The molecular formula is C34H35N5O6. The Labute approximate surface area is 260 Å². The zero-order valence-corrected chi connectivity index (χ0v) is 25.5. The molecule has 1 amide bonds. The average molecular weight is 610 g/mol. The van der Waals surface area contributed by atoms with Gasteiger partial charge in [-0.2, -0.15) is 4.98 Å². The number of aliphatic hydroxyl groups is 1. The highest BCUT2D eigenvalue weighted by Crippen LogP contribution is 2.42. The van der Waals surface area contributed by atoms with Gasteiger partial charge in [0.15, 0.2) is 11.2 Å². The van der Waals surface area contributed by atoms with Gasteiger partial charge in [-0.25, -0.2) is 4.98 Å². The van der Waals surface area contributed by atoms with Gasteiger partial charge < -0.3 is 19.3 Å². The molecule has 0 aliphatic heterocycles. The Morgan fingerprint density at radius 1 is 0.956 bits per heavy atom. The van der Waals surface area contributed by atoms with Crippen molar-refractivity contribution < 1.29 is 24.1 Å². The van der Waals surface area contributed by atoms with E-state index in [2.05, 4.69) is 20.3 Å². The number of aromatic amines is 1. The number of ether oxygens (including phenoxy) is 3. The number of amides is 1. The number of anilines is 1. The SMILES string of the molecule is COc1ccc(C(OC/C(=C/n2cnc3c(=O)[nH]c(NC(=O)C(C)C)nc32)CO)(c2ccccc2)c2ccc(OC)cc2)cc1. The minimum absolute atomic E-state index is 0.00487. The number of aromatic nitrogens is 4. The van der Waals surface area contributed by atoms with Gasteiger partial charge in [-0.05, 0) is 46.5 Å². The summed E-state index contributed by atoms with van der Waals surface area (Å²) in [5, 5.41) is 13.1. The average Bonchev–Trinajstić information content (AvgIpc) is 3.48. The van der Waals surface area contributed by atoms with E-state index in [0.717, 1.165) is 16.7 Å². The van der Waals surface area contributed by atoms with Crippen molar-refractivity contribution >= 4 is 29.2 Å². The largest absolute Gasteiger partial charge is 0.497 e. The molecule has 3 aromatic carbocycles. The number of hydrogen-bond acceptors (Lipinski definition) is 8. The molecule has 0 aliphatic carbocycles. The number of benzene rings is 3. The molecular weight excluding hydrogens is 574 g/mol. The van der Waals surface area contributed by atoms with Gasteiger partial charge in [-0.3, -0.25) is 24.5 Å². The fraction of sp³-hybridized carbons (Fsp3) is 0.235. The molecule has 11 heteroatoms. The highest BCUT2D eigenvalue weighted by Gasteiger charge is 2.38. The first-order valence-electron chi connectivity index (χ1n) is 14.4. The molecule has 2 aromatic heterocycles. The van der Waals surface area contributed by atoms with Crippen LogP contribution in [0.2, 0.25) is 0 Å². The number of nitrogens with zero attached hydrogens (tertiary/aromatic N) is 3. The summed E-state index contributed by atoms with van der Waals surface area (Å²) in [6.45, 7) is 3.11. The molecule has 0 aliphatic rings. The number of hydrogen-bond donors (Lipinski definition) is 3. The summed E-state index contributed by atoms with van der Waals surface area (Å²) >= 11 is 0. The fourth-order valence-corrected chi connectivity index (χ4v) is 4.94. The van der Waals surface area contributed by atoms with Crippen LogP contribution in [-0.2, 0) is 15.1 Å². The van der Waals surface area contributed by atoms with Crippen molar-refractivity contribution in [2.75, 3.05) is 32.8 Å². The third-order valence-electron chi connectivity index (χ3n) is 7.37. The van der Waals surface area contributed by atoms with Gasteiger partial charge in [0.2, 0.25) is 11.9 Å². The number of fused-ring (bicyclic) bond motifs is 1. The van der Waals surface area contributed by atoms with Gasteiger partial charge in [0, 0.05) is 12.1 Å². The first-order chi connectivity index (χ1) is 21.8. The molecule has 232 valence electrons. The second-order valence-electron chi connectivity index (χ2n) is 10.6. The summed E-state index contributed by atoms with van der Waals surface area (Å²) in [6, 6.07) is 25.1. The molecule has 0 bridgehead atoms. The molecule has 0 saturated carbocycles. The molecule has 2 heterocycles. The molecule has 5 aromatic rings. The number of imidazole rings is 1. The predicted octanol–water partition coefficient (Wildman–Crippen LogP) is 4.57. The number of carbonyl (C=O) groups is 1. The van der Waals surface area contributed by atoms with Crippen molar-refractivity contribution in [2.45, 2.75) is 19.4 Å². The normalized spacial score (nSPS) is 12.0. The van der Waals surface area contributed by atoms with Crippen LogP contribution in [-0.4, -0.2) is 58.0 Å². The second kappa shape index (κ2) is 13.6. The van der Waals surface area contributed by atoms with Crippen LogP contribution < -0.4 is 20.3 Å². The topological polar surface area (TPSA) is 141 Å². The van der Waals surface area contributed by atoms with E-state index < -0.39 is 11.2 Å². The van der Waals surface area contributed by atoms with E-state index in [1.807, 2.05) is 78.9 Å². The molecule has 0 atom stereocenters. The summed E-state index contributed by atoms with van der Waals surface area (Å²) < 4.78 is 19.3. The third-order valence-corrected chi connectivity index (χ3v) is 7.37. The molecule has 45 heavy (non-hydrogen) atoms. The van der Waals surface area contributed by atoms with Gasteiger partial charge in [0.25, 0.3) is 5.56 Å². The molecule has 0 radical (unpaired) electrons. The monoisotopic (exact) mass is 609 g/mol. The first kappa shape index (κ1) is 31.2. The standard InChI is InChI=1S/C34H35N5O6/c1-22(2)31(41)37-33-36-30-29(32(42)38-33)35-21-39(30)18-23(19-40)20-45-34(24-8-6-5-7-9-24,25-10-14-27(43-3)15-11-25)26-12-16-28(44-4)17-13-26/h5-18,21-22,40H,19-20H2,1-4H3,(H2,36,37,38,41,42)/b23-18+. The zero-order valence-electron chi connectivity index (χ0n) is 25.5. The maximum Gasteiger partial charge on any atom is 0.280 e. The number of methoxy groups -OCH3 is 2. The van der Waals surface area contributed by atoms with Crippen LogP contribution in [0.3, 0.4) is 0 Å². The van der Waals surface area contributed by atoms with Gasteiger partial charge in [-0.15, -0.1) is 0 Å². The highest BCUT2D eigenvalue weighted by molar-refractivity contribution is 5.91. The summed E-state index contributed by atoms with van der Waals surface area (Å²) in [5.41, 5.74) is 1.71. The lowest BCUT2D eigenvalue weighted by molar-refractivity contribution is -0.118. The molecule has 0 unspecified atom stereocenters. The van der Waals surface area contributed by atoms with E-state index in [1.54, 1.807) is 34.3 Å². The van der Waals surface area contributed by atoms with Gasteiger partial charge in [-0.1, -0.05) is 68.4 Å². The van der Waals surface area contributed by atoms with Crippen LogP contribution in [0.25, 0.3) is 17.4 Å². The Morgan fingerprint density at radius 3 is 2.07 bits per heavy atom. The fourth-order valence-electron chi connectivity index (χ4n) is 4.94. The van der Waals surface area contributed by atoms with Gasteiger partial charge in [0.05, 0.1) is 27.4 Å². The Bertz CT molecular complexity index is 1800. The lowest BCUT2D eigenvalue weighted by Gasteiger charge is -2.36. The predicted molar refractivity (Wildman–Crippen MR) is 171 cm³/mol. The molecule has 5 rings (SSSR count). The Hall–Kier alpha value is -5.26. The van der Waals surface area contributed by atoms with Gasteiger partial charge in [0.1, 0.15) is 23.4 Å². The number of aliphatic hydroxyl groups excluding tert-OH is 1. The Balaban J connectivity index is 1.59. The number of H-pyrrole nitrogens is 1. The van der Waals surface area contributed by atoms with E-state index in [0.29, 0.717) is 17.1 Å². The van der Waals surface area contributed by atoms with Gasteiger partial charge >= 0.3 is 0 Å². The minimum Gasteiger partial charge on any atom is -0.497 e. The summed E-state index contributed by atoms with van der Waals surface area (Å²) in [6.07, 6.45) is 3.04. The van der Waals surface area contributed by atoms with Crippen molar-refractivity contribution in [3.8, 4) is 11.5 Å². The Morgan fingerprint density at radius 2 is 1.53 bits per heavy atom. The van der Waals surface area contributed by atoms with Crippen molar-refractivity contribution in [1.82, 2.24) is 19.5 Å². The Kier molecular flexibility index (Phi) is 9.41. The highest BCUT2D eigenvalue weighted by atomic mass is 16.5. The van der Waals surface area contributed by atoms with E-state index in [1.165, 1.54) is 10.9 Å². The summed E-state index contributed by atoms with van der Waals surface area (Å²) in [7, 11) is 3.23. The van der Waals surface area contributed by atoms with Crippen LogP contribution in [0.4, 0.5) is 5.95 Å². The van der Waals surface area contributed by atoms with E-state index in [-0.39, 0.29) is 42.2 Å².